The molecule has 2 rings (SSSR count). The van der Waals surface area contributed by atoms with E-state index in [1.807, 2.05) is 0 Å². The molecule has 0 fully saturated rings. The summed E-state index contributed by atoms with van der Waals surface area (Å²) in [7, 11) is 1.53. The number of carbonyl (C=O) groups is 1. The van der Waals surface area contributed by atoms with Crippen molar-refractivity contribution in [2.75, 3.05) is 7.11 Å². The van der Waals surface area contributed by atoms with E-state index in [2.05, 4.69) is 10.2 Å². The third-order valence-corrected chi connectivity index (χ3v) is 1.81. The molecule has 0 aliphatic rings. The first kappa shape index (κ1) is 8.49. The van der Waals surface area contributed by atoms with Gasteiger partial charge >= 0.3 is 5.97 Å². The number of hydrogen-bond donors (Lipinski definition) is 1. The lowest BCUT2D eigenvalue weighted by molar-refractivity contribution is 0.0682. The third-order valence-electron chi connectivity index (χ3n) is 1.81. The van der Waals surface area contributed by atoms with Crippen LogP contribution in [0, 0.1) is 0 Å². The van der Waals surface area contributed by atoms with Crippen LogP contribution in [-0.2, 0) is 0 Å². The molecule has 6 heteroatoms. The molecule has 2 aromatic heterocycles. The summed E-state index contributed by atoms with van der Waals surface area (Å²) in [4.78, 5) is 10.7. The summed E-state index contributed by atoms with van der Waals surface area (Å²) in [5.41, 5.74) is 0.446. The molecule has 72 valence electrons. The number of nitrogens with zero attached hydrogens (tertiary/aromatic N) is 3. The van der Waals surface area contributed by atoms with Crippen molar-refractivity contribution in [1.82, 2.24) is 14.6 Å². The number of aromatic carboxylic acids is 1. The van der Waals surface area contributed by atoms with Gasteiger partial charge in [-0.1, -0.05) is 0 Å². The van der Waals surface area contributed by atoms with Gasteiger partial charge in [0.05, 0.1) is 7.11 Å². The Morgan fingerprint density at radius 2 is 2.36 bits per heavy atom. The average molecular weight is 193 g/mol. The number of hydrogen-bond acceptors (Lipinski definition) is 4. The lowest BCUT2D eigenvalue weighted by Crippen LogP contribution is -2.03. The SMILES string of the molecule is COc1ccn2c(C(=O)O)nnc2c1. The first-order valence-electron chi connectivity index (χ1n) is 3.84. The van der Waals surface area contributed by atoms with Crippen LogP contribution in [0.5, 0.6) is 5.75 Å². The van der Waals surface area contributed by atoms with E-state index in [0.29, 0.717) is 11.4 Å². The number of fused-ring (bicyclic) bond motifs is 1. The van der Waals surface area contributed by atoms with Gasteiger partial charge < -0.3 is 9.84 Å². The molecule has 0 aliphatic carbocycles. The highest BCUT2D eigenvalue weighted by atomic mass is 16.5. The summed E-state index contributed by atoms with van der Waals surface area (Å²) < 4.78 is 6.34. The predicted molar refractivity (Wildman–Crippen MR) is 46.5 cm³/mol. The van der Waals surface area contributed by atoms with Gasteiger partial charge in [-0.05, 0) is 6.07 Å². The van der Waals surface area contributed by atoms with E-state index in [1.165, 1.54) is 11.5 Å². The van der Waals surface area contributed by atoms with Crippen LogP contribution in [0.25, 0.3) is 5.65 Å². The van der Waals surface area contributed by atoms with E-state index in [0.717, 1.165) is 0 Å². The van der Waals surface area contributed by atoms with Crippen molar-refractivity contribution in [3.8, 4) is 5.75 Å². The number of carboxylic acid groups (broad SMARTS) is 1. The van der Waals surface area contributed by atoms with Gasteiger partial charge in [0.2, 0.25) is 5.82 Å². The second kappa shape index (κ2) is 2.99. The maximum atomic E-state index is 10.7. The number of rotatable bonds is 2. The number of pyridine rings is 1. The second-order valence-corrected chi connectivity index (χ2v) is 2.62. The Balaban J connectivity index is 2.65. The van der Waals surface area contributed by atoms with Crippen molar-refractivity contribution >= 4 is 11.6 Å². The summed E-state index contributed by atoms with van der Waals surface area (Å²) in [6, 6.07) is 3.25. The molecule has 0 bridgehead atoms. The van der Waals surface area contributed by atoms with E-state index in [1.54, 1.807) is 18.3 Å². The minimum atomic E-state index is -1.11. The molecular formula is C8H7N3O3. The number of ether oxygens (including phenoxy) is 1. The fourth-order valence-electron chi connectivity index (χ4n) is 1.14. The zero-order valence-corrected chi connectivity index (χ0v) is 7.34. The van der Waals surface area contributed by atoms with Gasteiger partial charge in [0, 0.05) is 12.3 Å². The Bertz CT molecular complexity index is 492. The van der Waals surface area contributed by atoms with Gasteiger partial charge in [-0.15, -0.1) is 10.2 Å². The van der Waals surface area contributed by atoms with Crippen molar-refractivity contribution in [2.24, 2.45) is 0 Å². The van der Waals surface area contributed by atoms with E-state index < -0.39 is 5.97 Å². The normalized spacial score (nSPS) is 10.4. The Kier molecular flexibility index (Phi) is 1.81. The minimum absolute atomic E-state index is 0.109. The smallest absolute Gasteiger partial charge is 0.374 e. The van der Waals surface area contributed by atoms with Crippen molar-refractivity contribution < 1.29 is 14.6 Å². The highest BCUT2D eigenvalue weighted by Gasteiger charge is 2.12. The van der Waals surface area contributed by atoms with Gasteiger partial charge in [0.25, 0.3) is 0 Å². The molecule has 0 atom stereocenters. The maximum absolute atomic E-state index is 10.7. The van der Waals surface area contributed by atoms with Crippen LogP contribution in [0.15, 0.2) is 18.3 Å². The standard InChI is InChI=1S/C8H7N3O3/c1-14-5-2-3-11-6(4-5)9-10-7(11)8(12)13/h2-4H,1H3,(H,12,13). The quantitative estimate of drug-likeness (QED) is 0.748. The zero-order valence-electron chi connectivity index (χ0n) is 7.34. The first-order valence-corrected chi connectivity index (χ1v) is 3.84. The fraction of sp³-hybridized carbons (Fsp3) is 0.125. The van der Waals surface area contributed by atoms with Crippen molar-refractivity contribution in [3.63, 3.8) is 0 Å². The van der Waals surface area contributed by atoms with E-state index in [4.69, 9.17) is 9.84 Å². The number of carboxylic acids is 1. The molecule has 14 heavy (non-hydrogen) atoms. The van der Waals surface area contributed by atoms with Crippen LogP contribution in [-0.4, -0.2) is 32.8 Å². The van der Waals surface area contributed by atoms with Gasteiger partial charge in [0.15, 0.2) is 5.65 Å². The van der Waals surface area contributed by atoms with Crippen LogP contribution in [0.1, 0.15) is 10.6 Å². The monoisotopic (exact) mass is 193 g/mol. The van der Waals surface area contributed by atoms with E-state index in [-0.39, 0.29) is 5.82 Å². The number of methoxy groups -OCH3 is 1. The van der Waals surface area contributed by atoms with Crippen LogP contribution >= 0.6 is 0 Å². The van der Waals surface area contributed by atoms with Crippen molar-refractivity contribution in [2.45, 2.75) is 0 Å². The Hall–Kier alpha value is -2.11. The van der Waals surface area contributed by atoms with Gasteiger partial charge in [-0.3, -0.25) is 4.40 Å². The molecule has 0 saturated heterocycles. The molecule has 0 aromatic carbocycles. The molecule has 0 spiro atoms. The molecular weight excluding hydrogens is 186 g/mol. The molecule has 0 radical (unpaired) electrons. The van der Waals surface area contributed by atoms with Crippen molar-refractivity contribution in [3.05, 3.63) is 24.2 Å². The summed E-state index contributed by atoms with van der Waals surface area (Å²) in [6.07, 6.45) is 1.55. The Morgan fingerprint density at radius 3 is 3.00 bits per heavy atom. The molecule has 6 nitrogen and oxygen atoms in total. The van der Waals surface area contributed by atoms with Crippen LogP contribution in [0.2, 0.25) is 0 Å². The second-order valence-electron chi connectivity index (χ2n) is 2.62. The predicted octanol–water partition coefficient (Wildman–Crippen LogP) is 0.436. The lowest BCUT2D eigenvalue weighted by Gasteiger charge is -1.99. The lowest BCUT2D eigenvalue weighted by atomic mass is 10.4. The molecule has 0 aliphatic heterocycles. The summed E-state index contributed by atoms with van der Waals surface area (Å²) >= 11 is 0. The van der Waals surface area contributed by atoms with E-state index in [9.17, 15) is 4.79 Å². The molecule has 0 amide bonds. The molecule has 1 N–H and O–H groups in total. The Labute approximate surface area is 78.8 Å². The maximum Gasteiger partial charge on any atom is 0.374 e. The third kappa shape index (κ3) is 1.17. The van der Waals surface area contributed by atoms with Gasteiger partial charge in [-0.2, -0.15) is 0 Å². The largest absolute Gasteiger partial charge is 0.497 e. The molecule has 2 heterocycles. The summed E-state index contributed by atoms with van der Waals surface area (Å²) in [5, 5.41) is 16.0. The van der Waals surface area contributed by atoms with Crippen LogP contribution < -0.4 is 4.74 Å². The molecule has 2 aromatic rings. The fourth-order valence-corrected chi connectivity index (χ4v) is 1.14. The highest BCUT2D eigenvalue weighted by Crippen LogP contribution is 2.13. The highest BCUT2D eigenvalue weighted by molar-refractivity contribution is 5.84. The zero-order chi connectivity index (χ0) is 10.1. The van der Waals surface area contributed by atoms with Gasteiger partial charge in [0.1, 0.15) is 5.75 Å². The average Bonchev–Trinajstić information content (AvgIpc) is 2.59. The van der Waals surface area contributed by atoms with E-state index >= 15 is 0 Å². The van der Waals surface area contributed by atoms with Gasteiger partial charge in [-0.25, -0.2) is 4.79 Å². The Morgan fingerprint density at radius 1 is 1.57 bits per heavy atom. The summed E-state index contributed by atoms with van der Waals surface area (Å²) in [5.74, 6) is -0.604. The van der Waals surface area contributed by atoms with Crippen molar-refractivity contribution in [1.29, 1.82) is 0 Å². The summed E-state index contributed by atoms with van der Waals surface area (Å²) in [6.45, 7) is 0. The number of aromatic nitrogens is 3. The van der Waals surface area contributed by atoms with Crippen LogP contribution in [0.4, 0.5) is 0 Å². The minimum Gasteiger partial charge on any atom is -0.497 e. The molecule has 0 saturated carbocycles. The first-order chi connectivity index (χ1) is 6.72. The van der Waals surface area contributed by atoms with Crippen LogP contribution in [0.3, 0.4) is 0 Å². The molecule has 0 unspecified atom stereocenters. The topological polar surface area (TPSA) is 76.7 Å².